The molecule has 0 radical (unpaired) electrons. The van der Waals surface area contributed by atoms with Gasteiger partial charge in [0.2, 0.25) is 0 Å². The molecule has 4 heterocycles. The van der Waals surface area contributed by atoms with Crippen molar-refractivity contribution < 1.29 is 0 Å². The fourth-order valence-electron chi connectivity index (χ4n) is 3.84. The Morgan fingerprint density at radius 1 is 1.08 bits per heavy atom. The van der Waals surface area contributed by atoms with E-state index in [2.05, 4.69) is 30.7 Å². The van der Waals surface area contributed by atoms with Crippen LogP contribution in [0.25, 0.3) is 0 Å². The summed E-state index contributed by atoms with van der Waals surface area (Å²) in [7, 11) is 0. The molecule has 124 valence electrons. The normalized spacial score (nSPS) is 21.0. The van der Waals surface area contributed by atoms with Crippen LogP contribution in [-0.4, -0.2) is 32.8 Å². The average Bonchev–Trinajstić information content (AvgIpc) is 2.90. The first-order chi connectivity index (χ1) is 11.8. The number of piperidine rings is 1. The van der Waals surface area contributed by atoms with Gasteiger partial charge in [-0.3, -0.25) is 0 Å². The summed E-state index contributed by atoms with van der Waals surface area (Å²) in [6.45, 7) is 3.00. The number of rotatable bonds is 2. The monoisotopic (exact) mass is 322 g/mol. The third kappa shape index (κ3) is 2.86. The lowest BCUT2D eigenvalue weighted by molar-refractivity contribution is 0.464. The topological polar surface area (TPSA) is 70.6 Å². The minimum absolute atomic E-state index is 0.413. The third-order valence-corrected chi connectivity index (χ3v) is 5.13. The van der Waals surface area contributed by atoms with Gasteiger partial charge >= 0.3 is 0 Å². The Morgan fingerprint density at radius 3 is 2.88 bits per heavy atom. The van der Waals surface area contributed by atoms with Crippen LogP contribution in [-0.2, 0) is 13.0 Å². The maximum Gasteiger partial charge on any atom is 0.137 e. The van der Waals surface area contributed by atoms with Crippen LogP contribution in [0.3, 0.4) is 0 Å². The molecule has 0 saturated carbocycles. The van der Waals surface area contributed by atoms with Gasteiger partial charge in [-0.15, -0.1) is 10.2 Å². The van der Waals surface area contributed by atoms with Crippen LogP contribution < -0.4 is 4.90 Å². The molecule has 2 aromatic heterocycles. The van der Waals surface area contributed by atoms with Gasteiger partial charge < -0.3 is 9.47 Å². The van der Waals surface area contributed by atoms with Crippen molar-refractivity contribution in [3.63, 3.8) is 0 Å². The highest BCUT2D eigenvalue weighted by atomic mass is 15.3. The zero-order valence-electron chi connectivity index (χ0n) is 13.9. The van der Waals surface area contributed by atoms with Crippen molar-refractivity contribution in [1.82, 2.24) is 19.7 Å². The van der Waals surface area contributed by atoms with E-state index in [-0.39, 0.29) is 0 Å². The second kappa shape index (κ2) is 6.60. The Hall–Kier alpha value is -2.42. The summed E-state index contributed by atoms with van der Waals surface area (Å²) in [5, 5.41) is 17.9. The summed E-state index contributed by atoms with van der Waals surface area (Å²) >= 11 is 0. The fourth-order valence-corrected chi connectivity index (χ4v) is 3.84. The maximum atomic E-state index is 8.92. The van der Waals surface area contributed by atoms with Crippen LogP contribution in [0.5, 0.6) is 0 Å². The zero-order chi connectivity index (χ0) is 16.4. The molecule has 0 N–H and O–H groups in total. The molecule has 2 aromatic rings. The van der Waals surface area contributed by atoms with E-state index in [4.69, 9.17) is 5.26 Å². The molecule has 4 rings (SSSR count). The minimum atomic E-state index is 0.413. The summed E-state index contributed by atoms with van der Waals surface area (Å²) in [4.78, 5) is 6.77. The van der Waals surface area contributed by atoms with E-state index in [9.17, 15) is 0 Å². The molecule has 0 aromatic carbocycles. The quantitative estimate of drug-likeness (QED) is 0.850. The van der Waals surface area contributed by atoms with E-state index in [0.717, 1.165) is 56.4 Å². The van der Waals surface area contributed by atoms with Crippen LogP contribution in [0.4, 0.5) is 5.82 Å². The largest absolute Gasteiger partial charge is 0.356 e. The van der Waals surface area contributed by atoms with Crippen molar-refractivity contribution in [2.75, 3.05) is 18.0 Å². The molecule has 2 aliphatic rings. The third-order valence-electron chi connectivity index (χ3n) is 5.13. The zero-order valence-corrected chi connectivity index (χ0v) is 13.9. The highest BCUT2D eigenvalue weighted by molar-refractivity contribution is 5.42. The number of nitriles is 1. The molecule has 0 spiro atoms. The summed E-state index contributed by atoms with van der Waals surface area (Å²) < 4.78 is 2.37. The standard InChI is InChI=1S/C18H22N6/c19-11-14-7-8-16(20-12-14)23-9-4-5-15(13-23)18-22-21-17-6-2-1-3-10-24(17)18/h7-8,12,15H,1-6,9-10,13H2/t15-/m0/s1. The van der Waals surface area contributed by atoms with Gasteiger partial charge in [0.15, 0.2) is 0 Å². The number of hydrogen-bond acceptors (Lipinski definition) is 5. The predicted octanol–water partition coefficient (Wildman–Crippen LogP) is 2.66. The molecule has 24 heavy (non-hydrogen) atoms. The lowest BCUT2D eigenvalue weighted by atomic mass is 9.97. The second-order valence-corrected chi connectivity index (χ2v) is 6.74. The molecule has 1 atom stereocenters. The minimum Gasteiger partial charge on any atom is -0.356 e. The first-order valence-electron chi connectivity index (χ1n) is 8.88. The van der Waals surface area contributed by atoms with Gasteiger partial charge in [-0.25, -0.2) is 4.98 Å². The number of pyridine rings is 1. The summed E-state index contributed by atoms with van der Waals surface area (Å²) in [6.07, 6.45) is 8.74. The number of nitrogens with zero attached hydrogens (tertiary/aromatic N) is 6. The Kier molecular flexibility index (Phi) is 4.16. The molecule has 0 aliphatic carbocycles. The molecule has 0 amide bonds. The van der Waals surface area contributed by atoms with Gasteiger partial charge in [0, 0.05) is 38.2 Å². The van der Waals surface area contributed by atoms with Crippen molar-refractivity contribution in [3.8, 4) is 6.07 Å². The fraction of sp³-hybridized carbons (Fsp3) is 0.556. The SMILES string of the molecule is N#Cc1ccc(N2CCC[C@H](c3nnc4n3CCCCC4)C2)nc1. The number of hydrogen-bond donors (Lipinski definition) is 0. The van der Waals surface area contributed by atoms with Gasteiger partial charge in [0.1, 0.15) is 23.5 Å². The first-order valence-corrected chi connectivity index (χ1v) is 8.88. The molecule has 6 nitrogen and oxygen atoms in total. The van der Waals surface area contributed by atoms with Gasteiger partial charge in [-0.2, -0.15) is 5.26 Å². The second-order valence-electron chi connectivity index (χ2n) is 6.74. The Morgan fingerprint density at radius 2 is 2.04 bits per heavy atom. The molecule has 0 unspecified atom stereocenters. The molecular formula is C18H22N6. The van der Waals surface area contributed by atoms with Gasteiger partial charge in [-0.05, 0) is 37.8 Å². The lowest BCUT2D eigenvalue weighted by Gasteiger charge is -2.33. The van der Waals surface area contributed by atoms with E-state index in [1.165, 1.54) is 19.3 Å². The van der Waals surface area contributed by atoms with E-state index < -0.39 is 0 Å². The van der Waals surface area contributed by atoms with E-state index >= 15 is 0 Å². The van der Waals surface area contributed by atoms with Crippen molar-refractivity contribution in [2.24, 2.45) is 0 Å². The lowest BCUT2D eigenvalue weighted by Crippen LogP contribution is -2.36. The van der Waals surface area contributed by atoms with E-state index in [1.54, 1.807) is 6.20 Å². The highest BCUT2D eigenvalue weighted by Crippen LogP contribution is 2.29. The molecule has 6 heteroatoms. The van der Waals surface area contributed by atoms with Crippen LogP contribution in [0.2, 0.25) is 0 Å². The van der Waals surface area contributed by atoms with Gasteiger partial charge in [-0.1, -0.05) is 6.42 Å². The number of aromatic nitrogens is 4. The van der Waals surface area contributed by atoms with Crippen molar-refractivity contribution in [3.05, 3.63) is 35.5 Å². The summed E-state index contributed by atoms with van der Waals surface area (Å²) in [5.41, 5.74) is 0.607. The molecule has 0 bridgehead atoms. The Labute approximate surface area is 142 Å². The maximum absolute atomic E-state index is 8.92. The summed E-state index contributed by atoms with van der Waals surface area (Å²) in [5.74, 6) is 3.69. The molecule has 1 fully saturated rings. The highest BCUT2D eigenvalue weighted by Gasteiger charge is 2.27. The van der Waals surface area contributed by atoms with Crippen molar-refractivity contribution >= 4 is 5.82 Å². The molecule has 2 aliphatic heterocycles. The van der Waals surface area contributed by atoms with Crippen molar-refractivity contribution in [2.45, 2.75) is 51.0 Å². The van der Waals surface area contributed by atoms with Crippen LogP contribution in [0, 0.1) is 11.3 Å². The van der Waals surface area contributed by atoms with E-state index in [0.29, 0.717) is 11.5 Å². The molecular weight excluding hydrogens is 300 g/mol. The summed E-state index contributed by atoms with van der Waals surface area (Å²) in [6, 6.07) is 5.92. The Bertz CT molecular complexity index is 742. The predicted molar refractivity (Wildman–Crippen MR) is 90.7 cm³/mol. The average molecular weight is 322 g/mol. The smallest absolute Gasteiger partial charge is 0.137 e. The van der Waals surface area contributed by atoms with Gasteiger partial charge in [0.25, 0.3) is 0 Å². The first kappa shape index (κ1) is 15.1. The van der Waals surface area contributed by atoms with Crippen LogP contribution in [0.1, 0.15) is 55.2 Å². The Balaban J connectivity index is 1.55. The number of anilines is 1. The van der Waals surface area contributed by atoms with Crippen molar-refractivity contribution in [1.29, 1.82) is 5.26 Å². The number of aryl methyl sites for hydroxylation is 1. The van der Waals surface area contributed by atoms with Crippen LogP contribution in [0.15, 0.2) is 18.3 Å². The van der Waals surface area contributed by atoms with Crippen LogP contribution >= 0.6 is 0 Å². The number of fused-ring (bicyclic) bond motifs is 1. The molecule has 1 saturated heterocycles. The van der Waals surface area contributed by atoms with E-state index in [1.807, 2.05) is 12.1 Å². The van der Waals surface area contributed by atoms with Gasteiger partial charge in [0.05, 0.1) is 5.56 Å².